The van der Waals surface area contributed by atoms with Crippen LogP contribution in [0.1, 0.15) is 1.43 Å². The van der Waals surface area contributed by atoms with Crippen LogP contribution in [0.15, 0.2) is 35.3 Å². The van der Waals surface area contributed by atoms with E-state index in [1.165, 1.54) is 18.2 Å². The standard InChI is InChI=1S/C11H9NO6P2S.Na.H/c13-19(14,15)7-1-2-8-9(5-7)11(20(16,17)18)4-3-10(8)12-6-21;;/h1-5H,(H2,13,14,15)(H2,16,17,18);;/q;+1;-1. The molecule has 0 fully saturated rings. The fraction of sp³-hybridized carbons (Fsp3) is 0. The molecule has 2 aromatic rings. The van der Waals surface area contributed by atoms with E-state index in [0.29, 0.717) is 11.1 Å². The van der Waals surface area contributed by atoms with E-state index in [9.17, 15) is 28.7 Å². The van der Waals surface area contributed by atoms with Crippen LogP contribution in [0.3, 0.4) is 0 Å². The summed E-state index contributed by atoms with van der Waals surface area (Å²) in [6.45, 7) is 0. The molecule has 0 bridgehead atoms. The maximum absolute atomic E-state index is 11.5. The van der Waals surface area contributed by atoms with Gasteiger partial charge in [-0.25, -0.2) is 0 Å². The molecule has 0 atom stereocenters. The van der Waals surface area contributed by atoms with Crippen LogP contribution in [-0.2, 0) is 9.13 Å². The van der Waals surface area contributed by atoms with Gasteiger partial charge in [0.15, 0.2) is 0 Å². The molecule has 2 rings (SSSR count). The summed E-state index contributed by atoms with van der Waals surface area (Å²) in [5.74, 6) is 0. The molecule has 22 heavy (non-hydrogen) atoms. The topological polar surface area (TPSA) is 127 Å². The smallest absolute Gasteiger partial charge is 1.00 e. The van der Waals surface area contributed by atoms with Crippen LogP contribution in [0.4, 0.5) is 5.69 Å². The van der Waals surface area contributed by atoms with Crippen molar-refractivity contribution in [3.8, 4) is 0 Å². The van der Waals surface area contributed by atoms with Crippen molar-refractivity contribution in [2.24, 2.45) is 4.99 Å². The molecule has 0 saturated carbocycles. The van der Waals surface area contributed by atoms with E-state index >= 15 is 0 Å². The summed E-state index contributed by atoms with van der Waals surface area (Å²) in [7, 11) is -9.16. The second kappa shape index (κ2) is 7.14. The summed E-state index contributed by atoms with van der Waals surface area (Å²) in [4.78, 5) is 40.8. The Morgan fingerprint density at radius 2 is 1.64 bits per heavy atom. The molecule has 0 aliphatic carbocycles. The van der Waals surface area contributed by atoms with Gasteiger partial charge >= 0.3 is 44.7 Å². The van der Waals surface area contributed by atoms with E-state index < -0.39 is 15.2 Å². The monoisotopic (exact) mass is 369 g/mol. The van der Waals surface area contributed by atoms with Gasteiger partial charge in [0.1, 0.15) is 0 Å². The first kappa shape index (κ1) is 19.8. The molecule has 0 amide bonds. The molecule has 0 aromatic heterocycles. The number of isothiocyanates is 1. The summed E-state index contributed by atoms with van der Waals surface area (Å²) in [5.41, 5.74) is 0.300. The Morgan fingerprint density at radius 1 is 1.00 bits per heavy atom. The van der Waals surface area contributed by atoms with Crippen LogP contribution in [0.2, 0.25) is 0 Å². The van der Waals surface area contributed by atoms with Crippen molar-refractivity contribution in [3.63, 3.8) is 0 Å². The zero-order valence-corrected chi connectivity index (χ0v) is 15.8. The second-order valence-electron chi connectivity index (χ2n) is 4.12. The maximum atomic E-state index is 11.5. The average Bonchev–Trinajstić information content (AvgIpc) is 2.36. The number of aliphatic imine (C=N–C) groups is 1. The van der Waals surface area contributed by atoms with Crippen LogP contribution in [0.25, 0.3) is 10.8 Å². The predicted molar refractivity (Wildman–Crippen MR) is 83.1 cm³/mol. The molecule has 7 nitrogen and oxygen atoms in total. The van der Waals surface area contributed by atoms with Crippen LogP contribution in [0, 0.1) is 0 Å². The molecule has 0 unspecified atom stereocenters. The van der Waals surface area contributed by atoms with Gasteiger partial charge in [-0.05, 0) is 36.5 Å². The summed E-state index contributed by atoms with van der Waals surface area (Å²) in [5, 5.41) is 1.78. The molecule has 0 aliphatic heterocycles. The van der Waals surface area contributed by atoms with Crippen molar-refractivity contribution in [2.45, 2.75) is 0 Å². The first-order chi connectivity index (χ1) is 9.64. The van der Waals surface area contributed by atoms with Crippen molar-refractivity contribution in [1.29, 1.82) is 0 Å². The number of hydrogen-bond donors (Lipinski definition) is 4. The van der Waals surface area contributed by atoms with E-state index in [1.807, 2.05) is 0 Å². The minimum absolute atomic E-state index is 0. The summed E-state index contributed by atoms with van der Waals surface area (Å²) < 4.78 is 22.8. The molecule has 0 radical (unpaired) electrons. The number of nitrogens with zero attached hydrogens (tertiary/aromatic N) is 1. The van der Waals surface area contributed by atoms with E-state index in [2.05, 4.69) is 22.4 Å². The third-order valence-corrected chi connectivity index (χ3v) is 4.83. The number of benzene rings is 2. The minimum Gasteiger partial charge on any atom is -1.00 e. The molecule has 0 saturated heterocycles. The van der Waals surface area contributed by atoms with Gasteiger partial charge in [0.25, 0.3) is 0 Å². The van der Waals surface area contributed by atoms with Gasteiger partial charge < -0.3 is 21.0 Å². The van der Waals surface area contributed by atoms with Crippen LogP contribution in [0.5, 0.6) is 0 Å². The van der Waals surface area contributed by atoms with Crippen LogP contribution >= 0.6 is 27.4 Å². The molecule has 4 N–H and O–H groups in total. The average molecular weight is 369 g/mol. The molecular weight excluding hydrogens is 359 g/mol. The number of rotatable bonds is 3. The molecule has 0 spiro atoms. The Bertz CT molecular complexity index is 876. The minimum atomic E-state index is -4.62. The molecule has 11 heteroatoms. The Labute approximate surface area is 154 Å². The predicted octanol–water partition coefficient (Wildman–Crippen LogP) is -1.70. The third kappa shape index (κ3) is 4.20. The maximum Gasteiger partial charge on any atom is 1.00 e. The Hall–Kier alpha value is -0.200. The van der Waals surface area contributed by atoms with Crippen LogP contribution in [-0.4, -0.2) is 24.7 Å². The summed E-state index contributed by atoms with van der Waals surface area (Å²) in [6, 6.07) is 6.06. The van der Waals surface area contributed by atoms with Gasteiger partial charge in [-0.1, -0.05) is 6.07 Å². The van der Waals surface area contributed by atoms with Gasteiger partial charge in [0.2, 0.25) is 0 Å². The van der Waals surface area contributed by atoms with Crippen molar-refractivity contribution >= 4 is 59.6 Å². The second-order valence-corrected chi connectivity index (χ2v) is 7.48. The normalized spacial score (nSPS) is 11.6. The number of hydrogen-bond acceptors (Lipinski definition) is 4. The Balaban J connectivity index is 0.00000242. The van der Waals surface area contributed by atoms with E-state index in [1.54, 1.807) is 0 Å². The van der Waals surface area contributed by atoms with Crippen LogP contribution < -0.4 is 40.2 Å². The first-order valence-electron chi connectivity index (χ1n) is 5.41. The molecule has 112 valence electrons. The van der Waals surface area contributed by atoms with Crippen molar-refractivity contribution in [3.05, 3.63) is 30.3 Å². The molecular formula is C11H10NNaO6P2S. The van der Waals surface area contributed by atoms with Gasteiger partial charge in [-0.15, -0.1) is 0 Å². The number of fused-ring (bicyclic) bond motifs is 1. The van der Waals surface area contributed by atoms with Gasteiger partial charge in [-0.2, -0.15) is 4.99 Å². The first-order valence-corrected chi connectivity index (χ1v) is 9.05. The summed E-state index contributed by atoms with van der Waals surface area (Å²) >= 11 is 4.49. The zero-order chi connectivity index (χ0) is 15.8. The number of thiocarbonyl (C=S) groups is 1. The quantitative estimate of drug-likeness (QED) is 0.220. The zero-order valence-electron chi connectivity index (χ0n) is 12.2. The fourth-order valence-electron chi connectivity index (χ4n) is 1.89. The van der Waals surface area contributed by atoms with Crippen molar-refractivity contribution < 1.29 is 59.7 Å². The summed E-state index contributed by atoms with van der Waals surface area (Å²) in [6.07, 6.45) is 0. The van der Waals surface area contributed by atoms with E-state index in [4.69, 9.17) is 0 Å². The van der Waals surface area contributed by atoms with E-state index in [-0.39, 0.29) is 47.0 Å². The van der Waals surface area contributed by atoms with E-state index in [0.717, 1.165) is 12.1 Å². The van der Waals surface area contributed by atoms with Gasteiger partial charge in [-0.3, -0.25) is 9.13 Å². The Morgan fingerprint density at radius 3 is 2.14 bits per heavy atom. The largest absolute Gasteiger partial charge is 1.00 e. The van der Waals surface area contributed by atoms with Crippen molar-refractivity contribution in [2.75, 3.05) is 0 Å². The van der Waals surface area contributed by atoms with Gasteiger partial charge in [0, 0.05) is 10.8 Å². The van der Waals surface area contributed by atoms with Gasteiger partial charge in [0.05, 0.1) is 21.5 Å². The Kier molecular flexibility index (Phi) is 6.44. The fourth-order valence-corrected chi connectivity index (χ4v) is 3.32. The van der Waals surface area contributed by atoms with Crippen molar-refractivity contribution in [1.82, 2.24) is 0 Å². The SMILES string of the molecule is O=P(O)(O)c1ccc2c(N=C=S)ccc(P(=O)(O)O)c2c1.[H-].[Na+]. The molecule has 0 aliphatic rings. The third-order valence-electron chi connectivity index (χ3n) is 2.77. The molecule has 2 aromatic carbocycles. The molecule has 0 heterocycles.